The predicted octanol–water partition coefficient (Wildman–Crippen LogP) is 1.90. The van der Waals surface area contributed by atoms with Gasteiger partial charge in [0.1, 0.15) is 0 Å². The fourth-order valence-electron chi connectivity index (χ4n) is 3.17. The highest BCUT2D eigenvalue weighted by Gasteiger charge is 2.41. The van der Waals surface area contributed by atoms with Gasteiger partial charge in [-0.2, -0.15) is 5.10 Å². The molecule has 1 atom stereocenters. The molecule has 1 aromatic rings. The Kier molecular flexibility index (Phi) is 4.40. The van der Waals surface area contributed by atoms with Crippen molar-refractivity contribution >= 4 is 0 Å². The highest BCUT2D eigenvalue weighted by Crippen LogP contribution is 2.36. The van der Waals surface area contributed by atoms with Crippen LogP contribution in [0.5, 0.6) is 0 Å². The van der Waals surface area contributed by atoms with Gasteiger partial charge in [-0.1, -0.05) is 19.8 Å². The van der Waals surface area contributed by atoms with Crippen molar-refractivity contribution in [3.05, 3.63) is 18.0 Å². The Labute approximate surface area is 110 Å². The summed E-state index contributed by atoms with van der Waals surface area (Å²) in [7, 11) is 3.83. The first-order valence-electron chi connectivity index (χ1n) is 6.96. The van der Waals surface area contributed by atoms with E-state index in [2.05, 4.69) is 23.5 Å². The van der Waals surface area contributed by atoms with E-state index in [9.17, 15) is 0 Å². The second kappa shape index (κ2) is 5.85. The lowest BCUT2D eigenvalue weighted by Crippen LogP contribution is -2.51. The number of methoxy groups -OCH3 is 1. The maximum Gasteiger partial charge on any atom is 0.0834 e. The highest BCUT2D eigenvalue weighted by atomic mass is 16.5. The SMILES string of the molecule is CCNC(Cc1cnn(C)c1)C1(OC)CCCC1. The molecular formula is C14H25N3O. The van der Waals surface area contributed by atoms with E-state index in [0.717, 1.165) is 13.0 Å². The summed E-state index contributed by atoms with van der Waals surface area (Å²) in [5, 5.41) is 7.87. The Morgan fingerprint density at radius 3 is 2.72 bits per heavy atom. The van der Waals surface area contributed by atoms with Crippen LogP contribution >= 0.6 is 0 Å². The van der Waals surface area contributed by atoms with Gasteiger partial charge in [0.15, 0.2) is 0 Å². The summed E-state index contributed by atoms with van der Waals surface area (Å²) < 4.78 is 7.77. The molecule has 1 unspecified atom stereocenters. The normalized spacial score (nSPS) is 20.2. The molecule has 1 N–H and O–H groups in total. The topological polar surface area (TPSA) is 39.1 Å². The van der Waals surface area contributed by atoms with E-state index < -0.39 is 0 Å². The minimum atomic E-state index is 0.0197. The van der Waals surface area contributed by atoms with Gasteiger partial charge in [-0.25, -0.2) is 0 Å². The van der Waals surface area contributed by atoms with Gasteiger partial charge >= 0.3 is 0 Å². The Balaban J connectivity index is 2.11. The number of aryl methyl sites for hydroxylation is 1. The smallest absolute Gasteiger partial charge is 0.0834 e. The van der Waals surface area contributed by atoms with Gasteiger partial charge < -0.3 is 10.1 Å². The molecule has 0 spiro atoms. The third-order valence-electron chi connectivity index (χ3n) is 4.14. The predicted molar refractivity (Wildman–Crippen MR) is 72.6 cm³/mol. The molecule has 1 heterocycles. The van der Waals surface area contributed by atoms with E-state index in [-0.39, 0.29) is 5.60 Å². The molecule has 1 aliphatic rings. The van der Waals surface area contributed by atoms with Crippen LogP contribution in [-0.2, 0) is 18.2 Å². The van der Waals surface area contributed by atoms with Crippen molar-refractivity contribution in [2.24, 2.45) is 7.05 Å². The van der Waals surface area contributed by atoms with Crippen molar-refractivity contribution in [1.82, 2.24) is 15.1 Å². The molecule has 1 aliphatic carbocycles. The number of nitrogens with one attached hydrogen (secondary N) is 1. The number of hydrogen-bond acceptors (Lipinski definition) is 3. The summed E-state index contributed by atoms with van der Waals surface area (Å²) in [6.45, 7) is 3.14. The monoisotopic (exact) mass is 251 g/mol. The van der Waals surface area contributed by atoms with Gasteiger partial charge in [0.2, 0.25) is 0 Å². The van der Waals surface area contributed by atoms with Crippen LogP contribution in [0.3, 0.4) is 0 Å². The minimum absolute atomic E-state index is 0.0197. The number of ether oxygens (including phenoxy) is 1. The van der Waals surface area contributed by atoms with E-state index in [4.69, 9.17) is 4.74 Å². The number of likely N-dealkylation sites (N-methyl/N-ethyl adjacent to an activating group) is 1. The zero-order chi connectivity index (χ0) is 13.0. The van der Waals surface area contributed by atoms with Crippen LogP contribution in [0.4, 0.5) is 0 Å². The Bertz CT molecular complexity index is 369. The van der Waals surface area contributed by atoms with Gasteiger partial charge in [0, 0.05) is 26.4 Å². The average Bonchev–Trinajstić information content (AvgIpc) is 2.98. The molecular weight excluding hydrogens is 226 g/mol. The van der Waals surface area contributed by atoms with Crippen LogP contribution in [0.15, 0.2) is 12.4 Å². The van der Waals surface area contributed by atoms with Crippen molar-refractivity contribution in [2.45, 2.75) is 50.7 Å². The molecule has 2 rings (SSSR count). The molecule has 1 fully saturated rings. The maximum atomic E-state index is 5.90. The molecule has 18 heavy (non-hydrogen) atoms. The molecule has 1 saturated carbocycles. The molecule has 102 valence electrons. The quantitative estimate of drug-likeness (QED) is 0.839. The maximum absolute atomic E-state index is 5.90. The van der Waals surface area contributed by atoms with Crippen molar-refractivity contribution in [3.8, 4) is 0 Å². The van der Waals surface area contributed by atoms with Crippen LogP contribution in [0, 0.1) is 0 Å². The molecule has 4 heteroatoms. The van der Waals surface area contributed by atoms with Gasteiger partial charge in [-0.15, -0.1) is 0 Å². The standard InChI is InChI=1S/C14H25N3O/c1-4-15-13(9-12-10-16-17(2)11-12)14(18-3)7-5-6-8-14/h10-11,13,15H,4-9H2,1-3H3. The van der Waals surface area contributed by atoms with Gasteiger partial charge in [-0.3, -0.25) is 4.68 Å². The second-order valence-electron chi connectivity index (χ2n) is 5.31. The third kappa shape index (κ3) is 2.75. The largest absolute Gasteiger partial charge is 0.377 e. The van der Waals surface area contributed by atoms with Crippen LogP contribution in [0.25, 0.3) is 0 Å². The number of rotatable bonds is 6. The molecule has 0 aliphatic heterocycles. The van der Waals surface area contributed by atoms with E-state index in [1.54, 1.807) is 0 Å². The average molecular weight is 251 g/mol. The van der Waals surface area contributed by atoms with E-state index in [1.807, 2.05) is 25.0 Å². The summed E-state index contributed by atoms with van der Waals surface area (Å²) >= 11 is 0. The molecule has 0 amide bonds. The minimum Gasteiger partial charge on any atom is -0.377 e. The molecule has 0 aromatic carbocycles. The van der Waals surface area contributed by atoms with Gasteiger partial charge in [0.25, 0.3) is 0 Å². The first kappa shape index (κ1) is 13.6. The van der Waals surface area contributed by atoms with Gasteiger partial charge in [0.05, 0.1) is 11.8 Å². The van der Waals surface area contributed by atoms with Crippen molar-refractivity contribution in [3.63, 3.8) is 0 Å². The molecule has 1 aromatic heterocycles. The summed E-state index contributed by atoms with van der Waals surface area (Å²) in [4.78, 5) is 0. The molecule has 0 saturated heterocycles. The zero-order valence-electron chi connectivity index (χ0n) is 11.8. The Hall–Kier alpha value is -0.870. The number of aromatic nitrogens is 2. The molecule has 0 radical (unpaired) electrons. The lowest BCUT2D eigenvalue weighted by Gasteiger charge is -2.37. The summed E-state index contributed by atoms with van der Waals surface area (Å²) in [5.41, 5.74) is 1.30. The van der Waals surface area contributed by atoms with Crippen molar-refractivity contribution in [1.29, 1.82) is 0 Å². The summed E-state index contributed by atoms with van der Waals surface area (Å²) in [6, 6.07) is 0.388. The van der Waals surface area contributed by atoms with E-state index in [0.29, 0.717) is 6.04 Å². The third-order valence-corrected chi connectivity index (χ3v) is 4.14. The fraction of sp³-hybridized carbons (Fsp3) is 0.786. The number of hydrogen-bond donors (Lipinski definition) is 1. The van der Waals surface area contributed by atoms with Crippen LogP contribution in [0.2, 0.25) is 0 Å². The summed E-state index contributed by atoms with van der Waals surface area (Å²) in [5.74, 6) is 0. The number of nitrogens with zero attached hydrogens (tertiary/aromatic N) is 2. The second-order valence-corrected chi connectivity index (χ2v) is 5.31. The fourth-order valence-corrected chi connectivity index (χ4v) is 3.17. The molecule has 4 nitrogen and oxygen atoms in total. The highest BCUT2D eigenvalue weighted by molar-refractivity contribution is 5.10. The van der Waals surface area contributed by atoms with Crippen LogP contribution in [0.1, 0.15) is 38.2 Å². The van der Waals surface area contributed by atoms with E-state index >= 15 is 0 Å². The Morgan fingerprint density at radius 2 is 2.22 bits per heavy atom. The van der Waals surface area contributed by atoms with Crippen LogP contribution < -0.4 is 5.32 Å². The first-order chi connectivity index (χ1) is 8.70. The van der Waals surface area contributed by atoms with Crippen LogP contribution in [-0.4, -0.2) is 35.1 Å². The Morgan fingerprint density at radius 1 is 1.50 bits per heavy atom. The lowest BCUT2D eigenvalue weighted by molar-refractivity contribution is -0.0351. The van der Waals surface area contributed by atoms with Crippen molar-refractivity contribution < 1.29 is 4.74 Å². The first-order valence-corrected chi connectivity index (χ1v) is 6.96. The lowest BCUT2D eigenvalue weighted by atomic mass is 9.88. The molecule has 0 bridgehead atoms. The van der Waals surface area contributed by atoms with E-state index in [1.165, 1.54) is 31.2 Å². The zero-order valence-corrected chi connectivity index (χ0v) is 11.8. The van der Waals surface area contributed by atoms with Crippen molar-refractivity contribution in [2.75, 3.05) is 13.7 Å². The van der Waals surface area contributed by atoms with Gasteiger partial charge in [-0.05, 0) is 31.4 Å². The summed E-state index contributed by atoms with van der Waals surface area (Å²) in [6.07, 6.45) is 9.95.